The monoisotopic (exact) mass is 427 g/mol. The number of nitrogens with zero attached hydrogens (tertiary/aromatic N) is 1. The number of fused-ring (bicyclic) bond motifs is 1. The van der Waals surface area contributed by atoms with E-state index in [1.54, 1.807) is 21.0 Å². The number of methoxy groups -OCH3 is 1. The van der Waals surface area contributed by atoms with Crippen molar-refractivity contribution in [3.63, 3.8) is 0 Å². The predicted octanol–water partition coefficient (Wildman–Crippen LogP) is 5.78. The summed E-state index contributed by atoms with van der Waals surface area (Å²) in [6.45, 7) is 3.54. The molecule has 6 heteroatoms. The number of ketones is 1. The van der Waals surface area contributed by atoms with Gasteiger partial charge in [0.15, 0.2) is 5.78 Å². The molecule has 0 saturated heterocycles. The second-order valence-electron chi connectivity index (χ2n) is 8.45. The molecule has 0 atom stereocenters. The normalized spacial score (nSPS) is 11.3. The third kappa shape index (κ3) is 4.70. The summed E-state index contributed by atoms with van der Waals surface area (Å²) in [7, 11) is 1.64. The molecule has 4 aromatic rings. The zero-order chi connectivity index (χ0) is 22.7. The maximum atomic E-state index is 12.4. The minimum absolute atomic E-state index is 0.0309. The van der Waals surface area contributed by atoms with Crippen molar-refractivity contribution < 1.29 is 14.3 Å². The molecule has 0 saturated carbocycles. The van der Waals surface area contributed by atoms with E-state index in [9.17, 15) is 9.59 Å². The average Bonchev–Trinajstić information content (AvgIpc) is 3.20. The van der Waals surface area contributed by atoms with Crippen molar-refractivity contribution >= 4 is 34.7 Å². The minimum Gasteiger partial charge on any atom is -0.497 e. The number of aldehydes is 1. The number of benzene rings is 3. The number of nitrogens with one attached hydrogen (secondary N) is 2. The second kappa shape index (κ2) is 8.67. The predicted molar refractivity (Wildman–Crippen MR) is 127 cm³/mol. The van der Waals surface area contributed by atoms with Crippen molar-refractivity contribution in [1.82, 2.24) is 9.97 Å². The number of carbonyl (C=O) groups is 2. The molecule has 3 aromatic carbocycles. The van der Waals surface area contributed by atoms with Crippen LogP contribution < -0.4 is 10.1 Å². The maximum Gasteiger partial charge on any atom is 0.205 e. The lowest BCUT2D eigenvalue weighted by molar-refractivity contribution is -0.114. The lowest BCUT2D eigenvalue weighted by Crippen LogP contribution is -2.18. The number of aromatic nitrogens is 2. The van der Waals surface area contributed by atoms with Crippen LogP contribution in [0.3, 0.4) is 0 Å². The van der Waals surface area contributed by atoms with Gasteiger partial charge in [0.1, 0.15) is 12.0 Å². The Morgan fingerprint density at radius 2 is 1.69 bits per heavy atom. The van der Waals surface area contributed by atoms with E-state index >= 15 is 0 Å². The standard InChI is InChI=1S/C26H25N3O3/c1-26(2,16-30)15-24(31)19-6-4-17(5-7-19)18-8-10-20(11-9-18)27-25-28-22-13-12-21(32-3)14-23(22)29-25/h4-14,16H,15H2,1-3H3,(H2,27,28,29). The highest BCUT2D eigenvalue weighted by molar-refractivity contribution is 5.98. The van der Waals surface area contributed by atoms with Crippen molar-refractivity contribution in [1.29, 1.82) is 0 Å². The molecule has 0 radical (unpaired) electrons. The van der Waals surface area contributed by atoms with Gasteiger partial charge >= 0.3 is 0 Å². The van der Waals surface area contributed by atoms with Gasteiger partial charge in [-0.3, -0.25) is 4.79 Å². The summed E-state index contributed by atoms with van der Waals surface area (Å²) in [5.41, 5.74) is 4.68. The molecule has 4 rings (SSSR count). The van der Waals surface area contributed by atoms with Crippen LogP contribution in [-0.4, -0.2) is 29.1 Å². The van der Waals surface area contributed by atoms with E-state index in [-0.39, 0.29) is 12.2 Å². The number of anilines is 2. The van der Waals surface area contributed by atoms with E-state index < -0.39 is 5.41 Å². The Morgan fingerprint density at radius 3 is 2.31 bits per heavy atom. The number of hydrogen-bond donors (Lipinski definition) is 2. The van der Waals surface area contributed by atoms with E-state index in [4.69, 9.17) is 4.74 Å². The number of rotatable bonds is 8. The first-order valence-corrected chi connectivity index (χ1v) is 10.4. The van der Waals surface area contributed by atoms with Gasteiger partial charge in [-0.05, 0) is 35.4 Å². The summed E-state index contributed by atoms with van der Waals surface area (Å²) < 4.78 is 5.25. The second-order valence-corrected chi connectivity index (χ2v) is 8.45. The molecular weight excluding hydrogens is 402 g/mol. The first kappa shape index (κ1) is 21.3. The highest BCUT2D eigenvalue weighted by atomic mass is 16.5. The lowest BCUT2D eigenvalue weighted by Gasteiger charge is -2.15. The zero-order valence-electron chi connectivity index (χ0n) is 18.3. The Hall–Kier alpha value is -3.93. The molecular formula is C26H25N3O3. The number of imidazole rings is 1. The lowest BCUT2D eigenvalue weighted by atomic mass is 9.87. The Morgan fingerprint density at radius 1 is 1.03 bits per heavy atom. The van der Waals surface area contributed by atoms with Crippen molar-refractivity contribution in [3.05, 3.63) is 72.3 Å². The SMILES string of the molecule is COc1ccc2nc(Nc3ccc(-c4ccc(C(=O)CC(C)(C)C=O)cc4)cc3)[nH]c2c1. The Bertz CT molecular complexity index is 1260. The van der Waals surface area contributed by atoms with Gasteiger partial charge in [-0.1, -0.05) is 50.2 Å². The first-order valence-electron chi connectivity index (χ1n) is 10.4. The van der Waals surface area contributed by atoms with Crippen molar-refractivity contribution in [3.8, 4) is 16.9 Å². The highest BCUT2D eigenvalue weighted by Crippen LogP contribution is 2.26. The van der Waals surface area contributed by atoms with Crippen LogP contribution in [-0.2, 0) is 4.79 Å². The fourth-order valence-corrected chi connectivity index (χ4v) is 3.46. The Kier molecular flexibility index (Phi) is 5.77. The first-order chi connectivity index (χ1) is 15.4. The summed E-state index contributed by atoms with van der Waals surface area (Å²) in [4.78, 5) is 31.3. The smallest absolute Gasteiger partial charge is 0.205 e. The van der Waals surface area contributed by atoms with Gasteiger partial charge in [0.05, 0.1) is 18.1 Å². The summed E-state index contributed by atoms with van der Waals surface area (Å²) in [6, 6.07) is 21.2. The molecule has 1 heterocycles. The van der Waals surface area contributed by atoms with Crippen LogP contribution in [0.15, 0.2) is 66.7 Å². The molecule has 6 nitrogen and oxygen atoms in total. The number of hydrogen-bond acceptors (Lipinski definition) is 5. The quantitative estimate of drug-likeness (QED) is 0.275. The van der Waals surface area contributed by atoms with Crippen LogP contribution in [0.2, 0.25) is 0 Å². The Balaban J connectivity index is 1.45. The van der Waals surface area contributed by atoms with Crippen LogP contribution in [0.1, 0.15) is 30.6 Å². The largest absolute Gasteiger partial charge is 0.497 e. The maximum absolute atomic E-state index is 12.4. The third-order valence-corrected chi connectivity index (χ3v) is 5.31. The molecule has 32 heavy (non-hydrogen) atoms. The van der Waals surface area contributed by atoms with Crippen LogP contribution in [0, 0.1) is 5.41 Å². The molecule has 0 spiro atoms. The number of Topliss-reactive ketones (excluding diaryl/α,β-unsaturated/α-hetero) is 1. The molecule has 0 aliphatic carbocycles. The van der Waals surface area contributed by atoms with Crippen molar-refractivity contribution in [2.24, 2.45) is 5.41 Å². The molecule has 0 aliphatic rings. The van der Waals surface area contributed by atoms with Gasteiger partial charge in [0.25, 0.3) is 0 Å². The van der Waals surface area contributed by atoms with Gasteiger partial charge < -0.3 is 19.8 Å². The third-order valence-electron chi connectivity index (χ3n) is 5.31. The highest BCUT2D eigenvalue weighted by Gasteiger charge is 2.21. The minimum atomic E-state index is -0.648. The fourth-order valence-electron chi connectivity index (χ4n) is 3.46. The van der Waals surface area contributed by atoms with E-state index in [0.29, 0.717) is 11.5 Å². The van der Waals surface area contributed by atoms with E-state index in [0.717, 1.165) is 39.9 Å². The number of H-pyrrole nitrogens is 1. The van der Waals surface area contributed by atoms with Crippen molar-refractivity contribution in [2.75, 3.05) is 12.4 Å². The summed E-state index contributed by atoms with van der Waals surface area (Å²) >= 11 is 0. The Labute approximate surface area is 186 Å². The summed E-state index contributed by atoms with van der Waals surface area (Å²) in [5, 5.41) is 3.28. The van der Waals surface area contributed by atoms with Gasteiger partial charge in [-0.15, -0.1) is 0 Å². The molecule has 0 unspecified atom stereocenters. The van der Waals surface area contributed by atoms with Gasteiger partial charge in [0, 0.05) is 29.2 Å². The van der Waals surface area contributed by atoms with Crippen LogP contribution in [0.4, 0.5) is 11.6 Å². The van der Waals surface area contributed by atoms with Crippen LogP contribution >= 0.6 is 0 Å². The topological polar surface area (TPSA) is 84.1 Å². The molecule has 162 valence electrons. The average molecular weight is 428 g/mol. The van der Waals surface area contributed by atoms with E-state index in [1.165, 1.54) is 0 Å². The van der Waals surface area contributed by atoms with Crippen molar-refractivity contribution in [2.45, 2.75) is 20.3 Å². The van der Waals surface area contributed by atoms with Crippen LogP contribution in [0.25, 0.3) is 22.2 Å². The van der Waals surface area contributed by atoms with Crippen LogP contribution in [0.5, 0.6) is 5.75 Å². The number of ether oxygens (including phenoxy) is 1. The summed E-state index contributed by atoms with van der Waals surface area (Å²) in [6.07, 6.45) is 1.03. The number of aromatic amines is 1. The molecule has 0 amide bonds. The number of carbonyl (C=O) groups excluding carboxylic acids is 2. The van der Waals surface area contributed by atoms with E-state index in [2.05, 4.69) is 15.3 Å². The zero-order valence-corrected chi connectivity index (χ0v) is 18.3. The molecule has 0 bridgehead atoms. The summed E-state index contributed by atoms with van der Waals surface area (Å²) in [5.74, 6) is 1.40. The van der Waals surface area contributed by atoms with Gasteiger partial charge in [-0.25, -0.2) is 4.98 Å². The van der Waals surface area contributed by atoms with E-state index in [1.807, 2.05) is 66.7 Å². The molecule has 1 aromatic heterocycles. The van der Waals surface area contributed by atoms with Gasteiger partial charge in [0.2, 0.25) is 5.95 Å². The molecule has 0 aliphatic heterocycles. The molecule has 2 N–H and O–H groups in total. The van der Waals surface area contributed by atoms with Gasteiger partial charge in [-0.2, -0.15) is 0 Å². The fraction of sp³-hybridized carbons (Fsp3) is 0.192. The molecule has 0 fully saturated rings.